The van der Waals surface area contributed by atoms with Gasteiger partial charge in [0.2, 0.25) is 5.91 Å². The van der Waals surface area contributed by atoms with E-state index in [1.807, 2.05) is 0 Å². The number of hydrogen-bond acceptors (Lipinski definition) is 5. The van der Waals surface area contributed by atoms with Gasteiger partial charge in [-0.2, -0.15) is 0 Å². The van der Waals surface area contributed by atoms with Crippen molar-refractivity contribution in [2.75, 3.05) is 31.2 Å². The van der Waals surface area contributed by atoms with E-state index < -0.39 is 40.6 Å². The predicted molar refractivity (Wildman–Crippen MR) is 109 cm³/mol. The summed E-state index contributed by atoms with van der Waals surface area (Å²) in [5.74, 6) is -2.07. The zero-order valence-electron chi connectivity index (χ0n) is 17.3. The zero-order valence-corrected chi connectivity index (χ0v) is 18.1. The summed E-state index contributed by atoms with van der Waals surface area (Å²) < 4.78 is 67.9. The second kappa shape index (κ2) is 11.4. The molecule has 1 N–H and O–H groups in total. The van der Waals surface area contributed by atoms with E-state index in [4.69, 9.17) is 4.74 Å². The molecule has 1 saturated heterocycles. The average molecular weight is 465 g/mol. The van der Waals surface area contributed by atoms with Crippen molar-refractivity contribution >= 4 is 21.8 Å². The Kier molecular flexibility index (Phi) is 9.15. The molecular formula is C20H27F3N2O5S. The molecule has 1 atom stereocenters. The van der Waals surface area contributed by atoms with Crippen molar-refractivity contribution in [2.45, 2.75) is 45.0 Å². The summed E-state index contributed by atoms with van der Waals surface area (Å²) in [7, 11) is -3.39. The highest BCUT2D eigenvalue weighted by Gasteiger charge is 2.22. The number of alkyl halides is 2. The second-order valence-electron chi connectivity index (χ2n) is 7.56. The molecule has 1 aliphatic heterocycles. The predicted octanol–water partition coefficient (Wildman–Crippen LogP) is 3.10. The van der Waals surface area contributed by atoms with Crippen molar-refractivity contribution < 1.29 is 35.9 Å². The van der Waals surface area contributed by atoms with Gasteiger partial charge in [-0.3, -0.25) is 10.1 Å². The second-order valence-corrected chi connectivity index (χ2v) is 9.79. The van der Waals surface area contributed by atoms with Crippen LogP contribution in [0.2, 0.25) is 0 Å². The maximum atomic E-state index is 13.7. The van der Waals surface area contributed by atoms with Crippen LogP contribution < -0.4 is 10.1 Å². The van der Waals surface area contributed by atoms with E-state index in [0.29, 0.717) is 37.9 Å². The summed E-state index contributed by atoms with van der Waals surface area (Å²) in [4.78, 5) is 24.3. The number of carbonyl (C=O) groups is 2. The summed E-state index contributed by atoms with van der Waals surface area (Å²) in [6, 6.07) is 3.32. The molecule has 0 saturated carbocycles. The van der Waals surface area contributed by atoms with Gasteiger partial charge in [-0.1, -0.05) is 19.4 Å². The molecule has 0 aliphatic carbocycles. The van der Waals surface area contributed by atoms with Gasteiger partial charge in [-0.25, -0.2) is 26.4 Å². The fourth-order valence-corrected chi connectivity index (χ4v) is 5.03. The first kappa shape index (κ1) is 25.0. The Labute approximate surface area is 179 Å². The lowest BCUT2D eigenvalue weighted by Gasteiger charge is -2.26. The SMILES string of the molecule is C[C@@H](CS(=O)(=O)CCCCCN1CCC(=O)NC1=O)c1ccc(F)c(OCC(F)F)c1. The van der Waals surface area contributed by atoms with Gasteiger partial charge in [0, 0.05) is 19.5 Å². The average Bonchev–Trinajstić information content (AvgIpc) is 2.68. The van der Waals surface area contributed by atoms with Crippen LogP contribution in [0.4, 0.5) is 18.0 Å². The first-order valence-corrected chi connectivity index (χ1v) is 11.9. The topological polar surface area (TPSA) is 92.8 Å². The van der Waals surface area contributed by atoms with E-state index in [1.165, 1.54) is 17.0 Å². The zero-order chi connectivity index (χ0) is 23.0. The molecule has 0 unspecified atom stereocenters. The molecule has 7 nitrogen and oxygen atoms in total. The van der Waals surface area contributed by atoms with E-state index in [2.05, 4.69) is 5.32 Å². The molecule has 11 heteroatoms. The van der Waals surface area contributed by atoms with Crippen LogP contribution in [0.15, 0.2) is 18.2 Å². The summed E-state index contributed by atoms with van der Waals surface area (Å²) >= 11 is 0. The molecule has 3 amide bonds. The molecule has 31 heavy (non-hydrogen) atoms. The van der Waals surface area contributed by atoms with Gasteiger partial charge in [0.05, 0.1) is 11.5 Å². The number of benzene rings is 1. The fraction of sp³-hybridized carbons (Fsp3) is 0.600. The highest BCUT2D eigenvalue weighted by molar-refractivity contribution is 7.91. The van der Waals surface area contributed by atoms with Crippen LogP contribution in [0.5, 0.6) is 5.75 Å². The van der Waals surface area contributed by atoms with E-state index >= 15 is 0 Å². The monoisotopic (exact) mass is 464 g/mol. The molecule has 174 valence electrons. The van der Waals surface area contributed by atoms with Crippen molar-refractivity contribution in [3.63, 3.8) is 0 Å². The van der Waals surface area contributed by atoms with E-state index in [-0.39, 0.29) is 29.6 Å². The minimum atomic E-state index is -3.39. The maximum absolute atomic E-state index is 13.7. The molecule has 1 fully saturated rings. The number of halogens is 3. The summed E-state index contributed by atoms with van der Waals surface area (Å²) in [6.07, 6.45) is -0.831. The number of sulfone groups is 1. The van der Waals surface area contributed by atoms with Gasteiger partial charge in [-0.15, -0.1) is 0 Å². The summed E-state index contributed by atoms with van der Waals surface area (Å²) in [6.45, 7) is 1.54. The number of carbonyl (C=O) groups excluding carboxylic acids is 2. The van der Waals surface area contributed by atoms with Crippen molar-refractivity contribution in [3.8, 4) is 5.75 Å². The molecule has 0 spiro atoms. The molecule has 0 bridgehead atoms. The van der Waals surface area contributed by atoms with Gasteiger partial charge in [0.25, 0.3) is 6.43 Å². The van der Waals surface area contributed by atoms with Crippen LogP contribution in [0.3, 0.4) is 0 Å². The lowest BCUT2D eigenvalue weighted by Crippen LogP contribution is -2.49. The van der Waals surface area contributed by atoms with E-state index in [9.17, 15) is 31.2 Å². The third-order valence-electron chi connectivity index (χ3n) is 4.92. The largest absolute Gasteiger partial charge is 0.485 e. The van der Waals surface area contributed by atoms with Crippen LogP contribution in [0, 0.1) is 5.82 Å². The van der Waals surface area contributed by atoms with Gasteiger partial charge < -0.3 is 9.64 Å². The number of imide groups is 1. The minimum absolute atomic E-state index is 0.0298. The molecule has 0 radical (unpaired) electrons. The lowest BCUT2D eigenvalue weighted by molar-refractivity contribution is -0.121. The molecule has 1 heterocycles. The fourth-order valence-electron chi connectivity index (χ4n) is 3.26. The molecule has 1 aromatic carbocycles. The molecule has 2 rings (SSSR count). The number of urea groups is 1. The summed E-state index contributed by atoms with van der Waals surface area (Å²) in [5.41, 5.74) is 0.486. The Morgan fingerprint density at radius 3 is 2.61 bits per heavy atom. The Balaban J connectivity index is 1.78. The van der Waals surface area contributed by atoms with Gasteiger partial charge in [0.15, 0.2) is 21.4 Å². The normalized spacial score (nSPS) is 15.8. The third-order valence-corrected chi connectivity index (χ3v) is 6.84. The van der Waals surface area contributed by atoms with Gasteiger partial charge in [0.1, 0.15) is 6.61 Å². The Morgan fingerprint density at radius 1 is 1.19 bits per heavy atom. The number of nitrogens with one attached hydrogen (secondary N) is 1. The highest BCUT2D eigenvalue weighted by Crippen LogP contribution is 2.26. The number of nitrogens with zero attached hydrogens (tertiary/aromatic N) is 1. The van der Waals surface area contributed by atoms with E-state index in [1.54, 1.807) is 6.92 Å². The third kappa shape index (κ3) is 8.39. The smallest absolute Gasteiger partial charge is 0.324 e. The standard InChI is InChI=1S/C20H27F3N2O5S/c1-14(15-5-6-16(21)17(11-15)30-12-18(22)23)13-31(28,29)10-4-2-3-8-25-9-7-19(26)24-20(25)27/h5-6,11,14,18H,2-4,7-10,12-13H2,1H3,(H,24,26,27)/t14-/m0/s1. The maximum Gasteiger partial charge on any atom is 0.324 e. The van der Waals surface area contributed by atoms with Crippen LogP contribution in [-0.4, -0.2) is 62.9 Å². The Bertz CT molecular complexity index is 880. The quantitative estimate of drug-likeness (QED) is 0.480. The first-order valence-electron chi connectivity index (χ1n) is 10.1. The molecular weight excluding hydrogens is 437 g/mol. The lowest BCUT2D eigenvalue weighted by atomic mass is 10.0. The number of unbranched alkanes of at least 4 members (excludes halogenated alkanes) is 2. The van der Waals surface area contributed by atoms with Gasteiger partial charge >= 0.3 is 6.03 Å². The first-order chi connectivity index (χ1) is 14.6. The number of ether oxygens (including phenoxy) is 1. The van der Waals surface area contributed by atoms with Crippen LogP contribution >= 0.6 is 0 Å². The molecule has 1 aliphatic rings. The van der Waals surface area contributed by atoms with Crippen LogP contribution in [0.25, 0.3) is 0 Å². The van der Waals surface area contributed by atoms with Crippen molar-refractivity contribution in [1.82, 2.24) is 10.2 Å². The number of hydrogen-bond donors (Lipinski definition) is 1. The van der Waals surface area contributed by atoms with Crippen molar-refractivity contribution in [3.05, 3.63) is 29.6 Å². The van der Waals surface area contributed by atoms with Gasteiger partial charge in [-0.05, 0) is 36.5 Å². The van der Waals surface area contributed by atoms with E-state index in [0.717, 1.165) is 6.07 Å². The minimum Gasteiger partial charge on any atom is -0.485 e. The van der Waals surface area contributed by atoms with Crippen molar-refractivity contribution in [1.29, 1.82) is 0 Å². The Hall–Kier alpha value is -2.30. The summed E-state index contributed by atoms with van der Waals surface area (Å²) in [5, 5.41) is 2.24. The van der Waals surface area contributed by atoms with Crippen LogP contribution in [0.1, 0.15) is 44.1 Å². The molecule has 1 aromatic rings. The molecule has 0 aromatic heterocycles. The van der Waals surface area contributed by atoms with Crippen LogP contribution in [-0.2, 0) is 14.6 Å². The Morgan fingerprint density at radius 2 is 1.94 bits per heavy atom. The number of rotatable bonds is 12. The number of amides is 3. The van der Waals surface area contributed by atoms with Crippen molar-refractivity contribution in [2.24, 2.45) is 0 Å². The highest BCUT2D eigenvalue weighted by atomic mass is 32.2.